The Bertz CT molecular complexity index is 1400. The molecule has 0 bridgehead atoms. The molecule has 0 saturated heterocycles. The van der Waals surface area contributed by atoms with Crippen molar-refractivity contribution >= 4 is 62.3 Å². The summed E-state index contributed by atoms with van der Waals surface area (Å²) in [6, 6.07) is 18.1. The van der Waals surface area contributed by atoms with Gasteiger partial charge in [0.05, 0.1) is 20.6 Å². The maximum Gasteiger partial charge on any atom is 0.264 e. The lowest BCUT2D eigenvalue weighted by Crippen LogP contribution is -2.52. The van der Waals surface area contributed by atoms with Crippen LogP contribution in [0.1, 0.15) is 32.8 Å². The third kappa shape index (κ3) is 7.66. The van der Waals surface area contributed by atoms with Crippen molar-refractivity contribution < 1.29 is 18.0 Å². The predicted octanol–water partition coefficient (Wildman–Crippen LogP) is 6.17. The summed E-state index contributed by atoms with van der Waals surface area (Å²) in [6.07, 6.45) is 0.708. The van der Waals surface area contributed by atoms with Crippen molar-refractivity contribution in [3.05, 3.63) is 93.4 Å². The average Bonchev–Trinajstić information content (AvgIpc) is 2.92. The third-order valence-electron chi connectivity index (χ3n) is 6.24. The third-order valence-corrected chi connectivity index (χ3v) is 9.08. The summed E-state index contributed by atoms with van der Waals surface area (Å²) in [5.74, 6) is -0.961. The number of carbonyl (C=O) groups excluding carboxylic acids is 2. The fraction of sp³-hybridized carbons (Fsp3) is 0.286. The lowest BCUT2D eigenvalue weighted by atomic mass is 10.1. The predicted molar refractivity (Wildman–Crippen MR) is 157 cm³/mol. The summed E-state index contributed by atoms with van der Waals surface area (Å²) in [6.45, 7) is 4.84. The van der Waals surface area contributed by atoms with Crippen molar-refractivity contribution in [1.82, 2.24) is 10.2 Å². The highest BCUT2D eigenvalue weighted by Gasteiger charge is 2.33. The summed E-state index contributed by atoms with van der Waals surface area (Å²) in [4.78, 5) is 28.3. The molecule has 2 amide bonds. The lowest BCUT2D eigenvalue weighted by Gasteiger charge is -2.32. The molecule has 0 spiro atoms. The number of sulfonamides is 1. The number of hydrogen-bond acceptors (Lipinski definition) is 4. The molecule has 0 aliphatic heterocycles. The van der Waals surface area contributed by atoms with Gasteiger partial charge in [-0.25, -0.2) is 8.42 Å². The molecule has 3 aromatic rings. The second-order valence-corrected chi connectivity index (χ2v) is 12.1. The van der Waals surface area contributed by atoms with E-state index in [2.05, 4.69) is 5.32 Å². The van der Waals surface area contributed by atoms with E-state index in [1.54, 1.807) is 55.5 Å². The summed E-state index contributed by atoms with van der Waals surface area (Å²) in [5.41, 5.74) is 0.763. The van der Waals surface area contributed by atoms with Crippen molar-refractivity contribution in [1.29, 1.82) is 0 Å². The van der Waals surface area contributed by atoms with Crippen LogP contribution in [-0.2, 0) is 26.2 Å². The molecular weight excluding hydrogens is 581 g/mol. The van der Waals surface area contributed by atoms with Gasteiger partial charge in [-0.05, 0) is 62.2 Å². The number of hydrogen-bond donors (Lipinski definition) is 1. The van der Waals surface area contributed by atoms with Gasteiger partial charge in [0, 0.05) is 17.6 Å². The molecule has 11 heteroatoms. The smallest absolute Gasteiger partial charge is 0.264 e. The molecule has 3 rings (SSSR count). The fourth-order valence-electron chi connectivity index (χ4n) is 3.75. The highest BCUT2D eigenvalue weighted by molar-refractivity contribution is 7.92. The number of benzene rings is 3. The van der Waals surface area contributed by atoms with Crippen LogP contribution in [0.3, 0.4) is 0 Å². The Morgan fingerprint density at radius 1 is 0.897 bits per heavy atom. The van der Waals surface area contributed by atoms with Gasteiger partial charge in [0.15, 0.2) is 0 Å². The van der Waals surface area contributed by atoms with Crippen LogP contribution in [0.5, 0.6) is 0 Å². The molecule has 0 radical (unpaired) electrons. The van der Waals surface area contributed by atoms with E-state index >= 15 is 0 Å². The van der Waals surface area contributed by atoms with Gasteiger partial charge in [-0.2, -0.15) is 0 Å². The van der Waals surface area contributed by atoms with E-state index in [4.69, 9.17) is 34.8 Å². The summed E-state index contributed by atoms with van der Waals surface area (Å²) < 4.78 is 28.5. The number of rotatable bonds is 11. The number of carbonyl (C=O) groups is 2. The quantitative estimate of drug-likeness (QED) is 0.281. The van der Waals surface area contributed by atoms with Crippen LogP contribution in [0.4, 0.5) is 5.69 Å². The largest absolute Gasteiger partial charge is 0.352 e. The van der Waals surface area contributed by atoms with E-state index in [9.17, 15) is 18.0 Å². The maximum atomic E-state index is 13.9. The average molecular weight is 611 g/mol. The normalized spacial score (nSPS) is 12.9. The van der Waals surface area contributed by atoms with Gasteiger partial charge < -0.3 is 10.2 Å². The number of nitrogens with one attached hydrogen (secondary N) is 1. The Morgan fingerprint density at radius 3 is 2.15 bits per heavy atom. The van der Waals surface area contributed by atoms with E-state index < -0.39 is 28.5 Å². The van der Waals surface area contributed by atoms with E-state index in [-0.39, 0.29) is 39.1 Å². The van der Waals surface area contributed by atoms with Crippen LogP contribution in [-0.4, -0.2) is 43.8 Å². The first-order valence-corrected chi connectivity index (χ1v) is 14.9. The Balaban J connectivity index is 2.05. The molecule has 0 unspecified atom stereocenters. The first-order valence-electron chi connectivity index (χ1n) is 12.3. The number of nitrogens with zero attached hydrogens (tertiary/aromatic N) is 2. The number of anilines is 1. The number of amides is 2. The number of halogens is 3. The summed E-state index contributed by atoms with van der Waals surface area (Å²) >= 11 is 18.7. The zero-order valence-corrected chi connectivity index (χ0v) is 24.9. The van der Waals surface area contributed by atoms with Crippen LogP contribution in [0.15, 0.2) is 77.7 Å². The molecule has 0 aliphatic carbocycles. The fourth-order valence-corrected chi connectivity index (χ4v) is 5.77. The van der Waals surface area contributed by atoms with Gasteiger partial charge in [0.2, 0.25) is 11.8 Å². The zero-order valence-electron chi connectivity index (χ0n) is 21.8. The highest BCUT2D eigenvalue weighted by atomic mass is 35.5. The first-order chi connectivity index (χ1) is 18.4. The van der Waals surface area contributed by atoms with Crippen LogP contribution < -0.4 is 9.62 Å². The molecule has 0 saturated carbocycles. The van der Waals surface area contributed by atoms with Gasteiger partial charge in [0.25, 0.3) is 10.0 Å². The summed E-state index contributed by atoms with van der Waals surface area (Å²) in [5, 5.41) is 3.53. The molecule has 3 aromatic carbocycles. The molecule has 208 valence electrons. The minimum Gasteiger partial charge on any atom is -0.352 e. The van der Waals surface area contributed by atoms with Crippen LogP contribution >= 0.6 is 34.8 Å². The second kappa shape index (κ2) is 13.5. The van der Waals surface area contributed by atoms with E-state index in [0.29, 0.717) is 17.0 Å². The Hall–Kier alpha value is -2.78. The highest BCUT2D eigenvalue weighted by Crippen LogP contribution is 2.35. The van der Waals surface area contributed by atoms with Crippen molar-refractivity contribution in [2.75, 3.05) is 10.8 Å². The van der Waals surface area contributed by atoms with Gasteiger partial charge in [-0.15, -0.1) is 0 Å². The Labute approximate surface area is 244 Å². The van der Waals surface area contributed by atoms with Gasteiger partial charge in [-0.3, -0.25) is 13.9 Å². The molecule has 0 fully saturated rings. The minimum atomic E-state index is -4.24. The standard InChI is InChI=1S/C28H30Cl3N3O4S/c1-4-19(2)32-28(36)20(3)33(17-21-13-15-22(29)16-14-21)26(35)18-34(25-12-8-11-24(30)27(25)31)39(37,38)23-9-6-5-7-10-23/h5-16,19-20H,4,17-18H2,1-3H3,(H,32,36)/t19-,20-/m0/s1. The van der Waals surface area contributed by atoms with E-state index in [1.807, 2.05) is 13.8 Å². The van der Waals surface area contributed by atoms with Crippen LogP contribution in [0, 0.1) is 0 Å². The molecule has 0 aliphatic rings. The SMILES string of the molecule is CC[C@H](C)NC(=O)[C@H](C)N(Cc1ccc(Cl)cc1)C(=O)CN(c1cccc(Cl)c1Cl)S(=O)(=O)c1ccccc1. The van der Waals surface area contributed by atoms with Gasteiger partial charge in [-0.1, -0.05) is 78.1 Å². The lowest BCUT2D eigenvalue weighted by molar-refractivity contribution is -0.139. The molecular formula is C28H30Cl3N3O4S. The Kier molecular flexibility index (Phi) is 10.7. The second-order valence-electron chi connectivity index (χ2n) is 9.04. The molecule has 0 aromatic heterocycles. The van der Waals surface area contributed by atoms with Crippen molar-refractivity contribution in [3.8, 4) is 0 Å². The molecule has 39 heavy (non-hydrogen) atoms. The van der Waals surface area contributed by atoms with E-state index in [0.717, 1.165) is 4.31 Å². The molecule has 2 atom stereocenters. The zero-order chi connectivity index (χ0) is 28.7. The van der Waals surface area contributed by atoms with Crippen molar-refractivity contribution in [2.24, 2.45) is 0 Å². The van der Waals surface area contributed by atoms with Crippen molar-refractivity contribution in [3.63, 3.8) is 0 Å². The van der Waals surface area contributed by atoms with Crippen LogP contribution in [0.2, 0.25) is 15.1 Å². The molecule has 7 nitrogen and oxygen atoms in total. The van der Waals surface area contributed by atoms with Crippen molar-refractivity contribution in [2.45, 2.75) is 50.7 Å². The monoisotopic (exact) mass is 609 g/mol. The topological polar surface area (TPSA) is 86.8 Å². The maximum absolute atomic E-state index is 13.9. The van der Waals surface area contributed by atoms with E-state index in [1.165, 1.54) is 29.2 Å². The van der Waals surface area contributed by atoms with Crippen LogP contribution in [0.25, 0.3) is 0 Å². The molecule has 0 heterocycles. The Morgan fingerprint density at radius 2 is 1.54 bits per heavy atom. The molecule has 1 N–H and O–H groups in total. The minimum absolute atomic E-state index is 0.0155. The first kappa shape index (κ1) is 30.8. The summed E-state index contributed by atoms with van der Waals surface area (Å²) in [7, 11) is -4.24. The van der Waals surface area contributed by atoms with Gasteiger partial charge >= 0.3 is 0 Å². The van der Waals surface area contributed by atoms with Gasteiger partial charge in [0.1, 0.15) is 12.6 Å².